The number of aromatic amines is 1. The molecule has 1 saturated heterocycles. The molecule has 8 nitrogen and oxygen atoms in total. The Morgan fingerprint density at radius 2 is 2.24 bits per heavy atom. The third kappa shape index (κ3) is 2.63. The molecule has 0 aromatic carbocycles. The van der Waals surface area contributed by atoms with Gasteiger partial charge in [-0.25, -0.2) is 9.50 Å². The van der Waals surface area contributed by atoms with E-state index in [-0.39, 0.29) is 23.3 Å². The topological polar surface area (TPSA) is 96.5 Å². The lowest BCUT2D eigenvalue weighted by Gasteiger charge is -2.22. The van der Waals surface area contributed by atoms with Crippen LogP contribution in [0, 0.1) is 6.92 Å². The van der Waals surface area contributed by atoms with Gasteiger partial charge >= 0.3 is 0 Å². The van der Waals surface area contributed by atoms with E-state index in [4.69, 9.17) is 4.52 Å². The van der Waals surface area contributed by atoms with Crippen molar-refractivity contribution in [3.05, 3.63) is 51.4 Å². The van der Waals surface area contributed by atoms with E-state index in [1.807, 2.05) is 13.0 Å². The Labute approximate surface area is 143 Å². The summed E-state index contributed by atoms with van der Waals surface area (Å²) in [6.07, 6.45) is 2.41. The van der Waals surface area contributed by atoms with Crippen LogP contribution in [0.25, 0.3) is 5.65 Å². The Balaban J connectivity index is 1.70. The summed E-state index contributed by atoms with van der Waals surface area (Å²) in [4.78, 5) is 31.2. The highest BCUT2D eigenvalue weighted by atomic mass is 16.5. The van der Waals surface area contributed by atoms with Gasteiger partial charge < -0.3 is 9.42 Å². The van der Waals surface area contributed by atoms with Crippen molar-refractivity contribution in [2.45, 2.75) is 39.2 Å². The molecular formula is C17H19N5O3. The molecule has 0 radical (unpaired) electrons. The molecule has 1 aliphatic rings. The molecule has 0 aliphatic carbocycles. The van der Waals surface area contributed by atoms with Crippen LogP contribution < -0.4 is 5.56 Å². The van der Waals surface area contributed by atoms with Gasteiger partial charge in [0.05, 0.1) is 17.4 Å². The highest BCUT2D eigenvalue weighted by Gasteiger charge is 2.33. The largest absolute Gasteiger partial charge is 0.351 e. The van der Waals surface area contributed by atoms with E-state index in [2.05, 4.69) is 15.2 Å². The first-order chi connectivity index (χ1) is 12.1. The Kier molecular flexibility index (Phi) is 3.67. The molecule has 0 bridgehead atoms. The van der Waals surface area contributed by atoms with Gasteiger partial charge in [0.2, 0.25) is 5.76 Å². The Morgan fingerprint density at radius 1 is 1.40 bits per heavy atom. The molecule has 4 heterocycles. The summed E-state index contributed by atoms with van der Waals surface area (Å²) in [6, 6.07) is 4.89. The summed E-state index contributed by atoms with van der Waals surface area (Å²) in [6.45, 7) is 4.38. The molecule has 3 aromatic heterocycles. The number of carbonyl (C=O) groups excluding carboxylic acids is 1. The SMILES string of the molecule is CCc1cc(=O)n2[nH]c([C@@H]3CCCN3C(=O)c3cc(C)no3)cc2n1. The number of likely N-dealkylation sites (tertiary alicyclic amines) is 1. The zero-order chi connectivity index (χ0) is 17.6. The molecule has 4 rings (SSSR count). The lowest BCUT2D eigenvalue weighted by Crippen LogP contribution is -2.30. The minimum Gasteiger partial charge on any atom is -0.351 e. The second-order valence-corrected chi connectivity index (χ2v) is 6.33. The van der Waals surface area contributed by atoms with Crippen LogP contribution >= 0.6 is 0 Å². The van der Waals surface area contributed by atoms with Gasteiger partial charge in [-0.15, -0.1) is 0 Å². The highest BCUT2D eigenvalue weighted by molar-refractivity contribution is 5.92. The summed E-state index contributed by atoms with van der Waals surface area (Å²) in [5, 5.41) is 6.89. The zero-order valence-electron chi connectivity index (χ0n) is 14.2. The lowest BCUT2D eigenvalue weighted by atomic mass is 10.1. The van der Waals surface area contributed by atoms with Crippen LogP contribution in [0.3, 0.4) is 0 Å². The molecular weight excluding hydrogens is 322 g/mol. The third-order valence-electron chi connectivity index (χ3n) is 4.60. The summed E-state index contributed by atoms with van der Waals surface area (Å²) in [5.41, 5.74) is 2.67. The second kappa shape index (κ2) is 5.87. The summed E-state index contributed by atoms with van der Waals surface area (Å²) >= 11 is 0. The van der Waals surface area contributed by atoms with Gasteiger partial charge in [0.1, 0.15) is 0 Å². The Morgan fingerprint density at radius 3 is 2.96 bits per heavy atom. The highest BCUT2D eigenvalue weighted by Crippen LogP contribution is 2.32. The number of hydrogen-bond donors (Lipinski definition) is 1. The van der Waals surface area contributed by atoms with Crippen LogP contribution in [0.1, 0.15) is 53.4 Å². The van der Waals surface area contributed by atoms with E-state index in [1.54, 1.807) is 17.9 Å². The van der Waals surface area contributed by atoms with Gasteiger partial charge in [-0.2, -0.15) is 0 Å². The zero-order valence-corrected chi connectivity index (χ0v) is 14.2. The van der Waals surface area contributed by atoms with Gasteiger partial charge in [0.25, 0.3) is 11.5 Å². The molecule has 0 unspecified atom stereocenters. The number of amides is 1. The van der Waals surface area contributed by atoms with Gasteiger partial charge in [-0.1, -0.05) is 12.1 Å². The fourth-order valence-corrected chi connectivity index (χ4v) is 3.35. The molecule has 0 spiro atoms. The predicted molar refractivity (Wildman–Crippen MR) is 89.4 cm³/mol. The van der Waals surface area contributed by atoms with Gasteiger partial charge in [-0.05, 0) is 26.2 Å². The number of aromatic nitrogens is 4. The number of fused-ring (bicyclic) bond motifs is 1. The average molecular weight is 341 g/mol. The van der Waals surface area contributed by atoms with Crippen molar-refractivity contribution in [3.8, 4) is 0 Å². The number of carbonyl (C=O) groups is 1. The van der Waals surface area contributed by atoms with Crippen LogP contribution in [0.15, 0.2) is 27.5 Å². The minimum atomic E-state index is -0.184. The maximum atomic E-state index is 12.7. The predicted octanol–water partition coefficient (Wildman–Crippen LogP) is 1.86. The van der Waals surface area contributed by atoms with E-state index in [0.717, 1.165) is 24.2 Å². The molecule has 1 aliphatic heterocycles. The monoisotopic (exact) mass is 341 g/mol. The molecule has 1 fully saturated rings. The number of nitrogens with one attached hydrogen (secondary N) is 1. The summed E-state index contributed by atoms with van der Waals surface area (Å²) in [5.74, 6) is 0.0559. The van der Waals surface area contributed by atoms with E-state index >= 15 is 0 Å². The number of aryl methyl sites for hydroxylation is 2. The van der Waals surface area contributed by atoms with Crippen LogP contribution in [0.4, 0.5) is 0 Å². The molecule has 8 heteroatoms. The minimum absolute atomic E-state index is 0.135. The third-order valence-corrected chi connectivity index (χ3v) is 4.60. The molecule has 1 amide bonds. The van der Waals surface area contributed by atoms with Crippen molar-refractivity contribution in [3.63, 3.8) is 0 Å². The first-order valence-electron chi connectivity index (χ1n) is 8.42. The Hall–Kier alpha value is -2.90. The van der Waals surface area contributed by atoms with Crippen molar-refractivity contribution in [2.75, 3.05) is 6.54 Å². The van der Waals surface area contributed by atoms with E-state index < -0.39 is 0 Å². The molecule has 3 aromatic rings. The average Bonchev–Trinajstić information content (AvgIpc) is 3.32. The molecule has 1 N–H and O–H groups in total. The second-order valence-electron chi connectivity index (χ2n) is 6.33. The number of nitrogens with zero attached hydrogens (tertiary/aromatic N) is 4. The molecule has 25 heavy (non-hydrogen) atoms. The maximum Gasteiger partial charge on any atom is 0.293 e. The van der Waals surface area contributed by atoms with Crippen LogP contribution in [-0.2, 0) is 6.42 Å². The van der Waals surface area contributed by atoms with E-state index in [1.165, 1.54) is 10.6 Å². The van der Waals surface area contributed by atoms with Gasteiger partial charge in [0.15, 0.2) is 5.65 Å². The standard InChI is InChI=1S/C17H19N5O3/c1-3-11-8-16(23)22-15(18-11)9-12(19-22)13-5-4-6-21(13)17(24)14-7-10(2)20-25-14/h7-9,13,19H,3-6H2,1-2H3/t13-/m0/s1. The van der Waals surface area contributed by atoms with Crippen molar-refractivity contribution in [1.29, 1.82) is 0 Å². The summed E-state index contributed by atoms with van der Waals surface area (Å²) in [7, 11) is 0. The van der Waals surface area contributed by atoms with Crippen molar-refractivity contribution >= 4 is 11.6 Å². The van der Waals surface area contributed by atoms with Gasteiger partial charge in [-0.3, -0.25) is 14.7 Å². The molecule has 130 valence electrons. The lowest BCUT2D eigenvalue weighted by molar-refractivity contribution is 0.0690. The van der Waals surface area contributed by atoms with Crippen molar-refractivity contribution < 1.29 is 9.32 Å². The van der Waals surface area contributed by atoms with E-state index in [0.29, 0.717) is 24.3 Å². The maximum absolute atomic E-state index is 12.7. The molecule has 0 saturated carbocycles. The molecule has 1 atom stereocenters. The van der Waals surface area contributed by atoms with Crippen molar-refractivity contribution in [1.82, 2.24) is 24.7 Å². The van der Waals surface area contributed by atoms with E-state index in [9.17, 15) is 9.59 Å². The van der Waals surface area contributed by atoms with Gasteiger partial charge in [0, 0.05) is 30.4 Å². The van der Waals surface area contributed by atoms with Crippen molar-refractivity contribution in [2.24, 2.45) is 0 Å². The number of H-pyrrole nitrogens is 1. The first kappa shape index (κ1) is 15.6. The number of hydrogen-bond acceptors (Lipinski definition) is 5. The quantitative estimate of drug-likeness (QED) is 0.784. The number of rotatable bonds is 3. The Bertz CT molecular complexity index is 999. The first-order valence-corrected chi connectivity index (χ1v) is 8.42. The van der Waals surface area contributed by atoms with Crippen LogP contribution in [-0.4, -0.2) is 37.1 Å². The smallest absolute Gasteiger partial charge is 0.293 e. The summed E-state index contributed by atoms with van der Waals surface area (Å²) < 4.78 is 6.54. The fraction of sp³-hybridized carbons (Fsp3) is 0.412. The van der Waals surface area contributed by atoms with Crippen LogP contribution in [0.2, 0.25) is 0 Å². The fourth-order valence-electron chi connectivity index (χ4n) is 3.35. The van der Waals surface area contributed by atoms with Crippen LogP contribution in [0.5, 0.6) is 0 Å². The normalized spacial score (nSPS) is 17.5.